The fourth-order valence-corrected chi connectivity index (χ4v) is 2.01. The molecule has 0 amide bonds. The predicted molar refractivity (Wildman–Crippen MR) is 62.3 cm³/mol. The molecule has 1 N–H and O–H groups in total. The van der Waals surface area contributed by atoms with E-state index in [9.17, 15) is 5.11 Å². The number of rotatable bonds is 8. The second kappa shape index (κ2) is 7.24. The smallest absolute Gasteiger partial charge is 0.104 e. The van der Waals surface area contributed by atoms with Crippen LogP contribution in [-0.4, -0.2) is 42.4 Å². The van der Waals surface area contributed by atoms with E-state index in [4.69, 9.17) is 0 Å². The Morgan fingerprint density at radius 1 is 1.07 bits per heavy atom. The summed E-state index contributed by atoms with van der Waals surface area (Å²) >= 11 is 0. The molecule has 0 aliphatic rings. The van der Waals surface area contributed by atoms with Gasteiger partial charge in [0.05, 0.1) is 20.1 Å². The highest BCUT2D eigenvalue weighted by atomic mass is 16.3. The van der Waals surface area contributed by atoms with E-state index in [0.717, 1.165) is 11.0 Å². The van der Waals surface area contributed by atoms with Crippen LogP contribution in [-0.2, 0) is 0 Å². The number of nitrogens with zero attached hydrogens (tertiary/aromatic N) is 1. The highest BCUT2D eigenvalue weighted by Gasteiger charge is 2.22. The van der Waals surface area contributed by atoms with Crippen LogP contribution in [0.25, 0.3) is 0 Å². The minimum absolute atomic E-state index is 0.172. The maximum absolute atomic E-state index is 9.47. The van der Waals surface area contributed by atoms with Crippen molar-refractivity contribution in [2.45, 2.75) is 52.6 Å². The summed E-state index contributed by atoms with van der Waals surface area (Å²) in [5, 5.41) is 9.47. The van der Waals surface area contributed by atoms with Gasteiger partial charge in [-0.15, -0.1) is 0 Å². The molecule has 1 unspecified atom stereocenters. The monoisotopic (exact) mass is 202 g/mol. The van der Waals surface area contributed by atoms with Crippen LogP contribution in [0.1, 0.15) is 46.5 Å². The van der Waals surface area contributed by atoms with E-state index in [1.54, 1.807) is 0 Å². The van der Waals surface area contributed by atoms with Crippen LogP contribution in [0, 0.1) is 0 Å². The van der Waals surface area contributed by atoms with Gasteiger partial charge in [0, 0.05) is 0 Å². The van der Waals surface area contributed by atoms with Crippen LogP contribution < -0.4 is 0 Å². The van der Waals surface area contributed by atoms with Crippen LogP contribution in [0.15, 0.2) is 0 Å². The minimum atomic E-state index is -0.172. The Balaban J connectivity index is 4.03. The Hall–Kier alpha value is -0.0800. The van der Waals surface area contributed by atoms with E-state index in [-0.39, 0.29) is 6.10 Å². The molecule has 0 aliphatic carbocycles. The van der Waals surface area contributed by atoms with E-state index >= 15 is 0 Å². The molecular formula is C12H28NO+. The zero-order valence-corrected chi connectivity index (χ0v) is 10.4. The summed E-state index contributed by atoms with van der Waals surface area (Å²) in [5.41, 5.74) is 0. The summed E-state index contributed by atoms with van der Waals surface area (Å²) in [5.74, 6) is 0. The Morgan fingerprint density at radius 2 is 1.50 bits per heavy atom. The number of unbranched alkanes of at least 4 members (excludes halogenated alkanes) is 2. The van der Waals surface area contributed by atoms with E-state index < -0.39 is 0 Å². The molecule has 0 heterocycles. The highest BCUT2D eigenvalue weighted by molar-refractivity contribution is 4.48. The number of hydrogen-bond donors (Lipinski definition) is 1. The molecule has 0 aromatic carbocycles. The molecule has 0 fully saturated rings. The summed E-state index contributed by atoms with van der Waals surface area (Å²) in [6.45, 7) is 9.68. The highest BCUT2D eigenvalue weighted by Crippen LogP contribution is 2.10. The molecule has 86 valence electrons. The molecule has 0 saturated heterocycles. The van der Waals surface area contributed by atoms with Crippen LogP contribution in [0.3, 0.4) is 0 Å². The van der Waals surface area contributed by atoms with Gasteiger partial charge >= 0.3 is 0 Å². The lowest BCUT2D eigenvalue weighted by molar-refractivity contribution is -0.912. The van der Waals surface area contributed by atoms with Gasteiger partial charge in [0.15, 0.2) is 0 Å². The molecule has 0 rings (SSSR count). The zero-order chi connectivity index (χ0) is 11.0. The fourth-order valence-electron chi connectivity index (χ4n) is 2.01. The van der Waals surface area contributed by atoms with E-state index in [2.05, 4.69) is 20.9 Å². The number of likely N-dealkylation sites (N-methyl/N-ethyl adjacent to an activating group) is 1. The van der Waals surface area contributed by atoms with E-state index in [1.807, 2.05) is 6.92 Å². The summed E-state index contributed by atoms with van der Waals surface area (Å²) in [4.78, 5) is 0. The number of aliphatic hydroxyl groups is 1. The molecule has 0 aromatic rings. The standard InChI is InChI=1S/C12H28NO/c1-5-7-9-13(4,10-8-6-2)11-12(3)14/h12,14H,5-11H2,1-4H3/q+1. The molecule has 2 nitrogen and oxygen atoms in total. The molecular weight excluding hydrogens is 174 g/mol. The number of quaternary nitrogens is 1. The Bertz CT molecular complexity index is 126. The third kappa shape index (κ3) is 6.39. The maximum Gasteiger partial charge on any atom is 0.104 e. The van der Waals surface area contributed by atoms with Gasteiger partial charge < -0.3 is 9.59 Å². The van der Waals surface area contributed by atoms with Crippen molar-refractivity contribution in [3.63, 3.8) is 0 Å². The first kappa shape index (κ1) is 13.9. The largest absolute Gasteiger partial charge is 0.388 e. The molecule has 14 heavy (non-hydrogen) atoms. The van der Waals surface area contributed by atoms with Crippen molar-refractivity contribution in [2.24, 2.45) is 0 Å². The van der Waals surface area contributed by atoms with Gasteiger partial charge in [-0.2, -0.15) is 0 Å². The van der Waals surface area contributed by atoms with Crippen molar-refractivity contribution >= 4 is 0 Å². The topological polar surface area (TPSA) is 20.2 Å². The van der Waals surface area contributed by atoms with Crippen molar-refractivity contribution in [3.05, 3.63) is 0 Å². The van der Waals surface area contributed by atoms with Crippen LogP contribution >= 0.6 is 0 Å². The van der Waals surface area contributed by atoms with E-state index in [0.29, 0.717) is 0 Å². The molecule has 0 bridgehead atoms. The van der Waals surface area contributed by atoms with Gasteiger partial charge in [-0.05, 0) is 19.8 Å². The molecule has 0 radical (unpaired) electrons. The summed E-state index contributed by atoms with van der Waals surface area (Å²) < 4.78 is 1.04. The maximum atomic E-state index is 9.47. The number of hydrogen-bond acceptors (Lipinski definition) is 1. The predicted octanol–water partition coefficient (Wildman–Crippen LogP) is 2.41. The van der Waals surface area contributed by atoms with Gasteiger partial charge in [0.2, 0.25) is 0 Å². The lowest BCUT2D eigenvalue weighted by atomic mass is 10.2. The first-order chi connectivity index (χ1) is 6.54. The lowest BCUT2D eigenvalue weighted by Gasteiger charge is -2.35. The molecule has 0 saturated carbocycles. The molecule has 2 heteroatoms. The quantitative estimate of drug-likeness (QED) is 0.599. The van der Waals surface area contributed by atoms with Gasteiger partial charge in [0.25, 0.3) is 0 Å². The Morgan fingerprint density at radius 3 is 1.79 bits per heavy atom. The normalized spacial score (nSPS) is 14.4. The third-order valence-corrected chi connectivity index (χ3v) is 2.81. The van der Waals surface area contributed by atoms with Crippen molar-refractivity contribution in [1.29, 1.82) is 0 Å². The van der Waals surface area contributed by atoms with Crippen LogP contribution in [0.2, 0.25) is 0 Å². The third-order valence-electron chi connectivity index (χ3n) is 2.81. The average Bonchev–Trinajstić information content (AvgIpc) is 2.11. The van der Waals surface area contributed by atoms with Crippen LogP contribution in [0.4, 0.5) is 0 Å². The van der Waals surface area contributed by atoms with Gasteiger partial charge in [-0.25, -0.2) is 0 Å². The van der Waals surface area contributed by atoms with Crippen molar-refractivity contribution in [1.82, 2.24) is 0 Å². The second-order valence-electron chi connectivity index (χ2n) is 4.81. The summed E-state index contributed by atoms with van der Waals surface area (Å²) in [6.07, 6.45) is 4.87. The van der Waals surface area contributed by atoms with E-state index in [1.165, 1.54) is 38.8 Å². The van der Waals surface area contributed by atoms with Crippen molar-refractivity contribution in [2.75, 3.05) is 26.7 Å². The Labute approximate surface area is 89.5 Å². The average molecular weight is 202 g/mol. The van der Waals surface area contributed by atoms with Crippen LogP contribution in [0.5, 0.6) is 0 Å². The molecule has 1 atom stereocenters. The summed E-state index contributed by atoms with van der Waals surface area (Å²) in [7, 11) is 2.28. The Kier molecular flexibility index (Phi) is 7.20. The van der Waals surface area contributed by atoms with Crippen molar-refractivity contribution in [3.8, 4) is 0 Å². The first-order valence-electron chi connectivity index (χ1n) is 6.05. The zero-order valence-electron chi connectivity index (χ0n) is 10.4. The second-order valence-corrected chi connectivity index (χ2v) is 4.81. The minimum Gasteiger partial charge on any atom is -0.388 e. The lowest BCUT2D eigenvalue weighted by Crippen LogP contribution is -2.49. The SMILES string of the molecule is CCCC[N+](C)(CCCC)CC(C)O. The first-order valence-corrected chi connectivity index (χ1v) is 6.05. The van der Waals surface area contributed by atoms with Gasteiger partial charge in [0.1, 0.15) is 12.6 Å². The molecule has 0 aliphatic heterocycles. The van der Waals surface area contributed by atoms with Gasteiger partial charge in [-0.1, -0.05) is 26.7 Å². The van der Waals surface area contributed by atoms with Crippen molar-refractivity contribution < 1.29 is 9.59 Å². The van der Waals surface area contributed by atoms with Gasteiger partial charge in [-0.3, -0.25) is 0 Å². The fraction of sp³-hybridized carbons (Fsp3) is 1.00. The molecule has 0 aromatic heterocycles. The molecule has 0 spiro atoms. The number of aliphatic hydroxyl groups excluding tert-OH is 1. The summed E-state index contributed by atoms with van der Waals surface area (Å²) in [6, 6.07) is 0.